The molecule has 2 amide bonds. The third-order valence-corrected chi connectivity index (χ3v) is 6.70. The first-order valence-corrected chi connectivity index (χ1v) is 11.2. The van der Waals surface area contributed by atoms with Crippen LogP contribution in [0.1, 0.15) is 54.0 Å². The van der Waals surface area contributed by atoms with E-state index in [0.29, 0.717) is 46.8 Å². The van der Waals surface area contributed by atoms with Crippen LogP contribution in [0.3, 0.4) is 0 Å². The van der Waals surface area contributed by atoms with Crippen molar-refractivity contribution in [2.75, 3.05) is 19.0 Å². The van der Waals surface area contributed by atoms with Crippen molar-refractivity contribution in [3.05, 3.63) is 87.3 Å². The molecule has 0 spiro atoms. The molecule has 1 aliphatic rings. The molecule has 4 rings (SSSR count). The minimum atomic E-state index is -0.525. The summed E-state index contributed by atoms with van der Waals surface area (Å²) in [5, 5.41) is 3.21. The van der Waals surface area contributed by atoms with Crippen molar-refractivity contribution in [3.63, 3.8) is 0 Å². The number of ketones is 1. The van der Waals surface area contributed by atoms with E-state index in [-0.39, 0.29) is 11.7 Å². The number of benzene rings is 2. The molecule has 8 heteroatoms. The lowest BCUT2D eigenvalue weighted by molar-refractivity contribution is -0.129. The number of anilines is 1. The maximum Gasteiger partial charge on any atom is 0.341 e. The van der Waals surface area contributed by atoms with Crippen molar-refractivity contribution in [3.8, 4) is 0 Å². The summed E-state index contributed by atoms with van der Waals surface area (Å²) in [6.07, 6.45) is 0.516. The second kappa shape index (κ2) is 9.38. The fourth-order valence-electron chi connectivity index (χ4n) is 3.78. The summed E-state index contributed by atoms with van der Waals surface area (Å²) in [5.41, 5.74) is 2.55. The van der Waals surface area contributed by atoms with Gasteiger partial charge in [0, 0.05) is 35.0 Å². The van der Waals surface area contributed by atoms with E-state index in [2.05, 4.69) is 5.32 Å². The maximum absolute atomic E-state index is 12.9. The van der Waals surface area contributed by atoms with Gasteiger partial charge in [0.1, 0.15) is 5.00 Å². The molecule has 0 saturated heterocycles. The van der Waals surface area contributed by atoms with Crippen molar-refractivity contribution in [1.29, 1.82) is 0 Å². The van der Waals surface area contributed by atoms with Gasteiger partial charge in [-0.1, -0.05) is 42.5 Å². The van der Waals surface area contributed by atoms with Crippen LogP contribution >= 0.6 is 11.3 Å². The Morgan fingerprint density at radius 1 is 0.939 bits per heavy atom. The van der Waals surface area contributed by atoms with Gasteiger partial charge in [0.2, 0.25) is 5.91 Å². The van der Waals surface area contributed by atoms with Gasteiger partial charge in [-0.15, -0.1) is 11.3 Å². The lowest BCUT2D eigenvalue weighted by Crippen LogP contribution is -2.33. The van der Waals surface area contributed by atoms with Gasteiger partial charge in [-0.2, -0.15) is 0 Å². The number of nitrogens with one attached hydrogen (secondary N) is 1. The third kappa shape index (κ3) is 4.56. The van der Waals surface area contributed by atoms with Crippen molar-refractivity contribution in [2.24, 2.45) is 0 Å². The molecule has 33 heavy (non-hydrogen) atoms. The number of methoxy groups -OCH3 is 1. The Hall–Kier alpha value is -3.78. The van der Waals surface area contributed by atoms with Crippen LogP contribution in [0.5, 0.6) is 0 Å². The van der Waals surface area contributed by atoms with Gasteiger partial charge in [0.05, 0.1) is 19.2 Å². The number of fused-ring (bicyclic) bond motifs is 1. The molecule has 1 N–H and O–H groups in total. The number of nitrogens with zero attached hydrogens (tertiary/aromatic N) is 1. The van der Waals surface area contributed by atoms with E-state index >= 15 is 0 Å². The molecule has 0 aliphatic carbocycles. The molecule has 7 nitrogen and oxygen atoms in total. The van der Waals surface area contributed by atoms with E-state index in [1.54, 1.807) is 53.4 Å². The van der Waals surface area contributed by atoms with Crippen LogP contribution in [-0.2, 0) is 22.5 Å². The van der Waals surface area contributed by atoms with E-state index in [1.165, 1.54) is 25.4 Å². The molecule has 2 aromatic carbocycles. The topological polar surface area (TPSA) is 92.8 Å². The summed E-state index contributed by atoms with van der Waals surface area (Å²) >= 11 is 1.27. The number of rotatable bonds is 5. The number of carbonyl (C=O) groups excluding carboxylic acids is 4. The largest absolute Gasteiger partial charge is 0.465 e. The van der Waals surface area contributed by atoms with Crippen molar-refractivity contribution in [2.45, 2.75) is 19.9 Å². The first-order valence-electron chi connectivity index (χ1n) is 10.4. The standard InChI is InChI=1S/C25H22N2O5S/c1-15(28)27-13-12-19-20(14-27)33-24(21(19)25(31)32-2)26-23(30)18-10-8-17(9-11-18)22(29)16-6-4-3-5-7-16/h3-11H,12-14H2,1-2H3,(H,26,30). The van der Waals surface area contributed by atoms with Crippen molar-refractivity contribution >= 4 is 39.9 Å². The Balaban J connectivity index is 1.56. The summed E-state index contributed by atoms with van der Waals surface area (Å²) in [7, 11) is 1.30. The molecule has 1 aliphatic heterocycles. The first kappa shape index (κ1) is 22.4. The zero-order valence-corrected chi connectivity index (χ0v) is 19.0. The van der Waals surface area contributed by atoms with Crippen LogP contribution in [0.4, 0.5) is 5.00 Å². The Kier molecular flexibility index (Phi) is 6.37. The molecule has 0 fully saturated rings. The average Bonchev–Trinajstić information content (AvgIpc) is 3.20. The van der Waals surface area contributed by atoms with Gasteiger partial charge < -0.3 is 15.0 Å². The highest BCUT2D eigenvalue weighted by atomic mass is 32.1. The highest BCUT2D eigenvalue weighted by Gasteiger charge is 2.30. The number of thiophene rings is 1. The quantitative estimate of drug-likeness (QED) is 0.458. The summed E-state index contributed by atoms with van der Waals surface area (Å²) in [4.78, 5) is 52.3. The molecular formula is C25H22N2O5S. The normalized spacial score (nSPS) is 12.6. The minimum Gasteiger partial charge on any atom is -0.465 e. The van der Waals surface area contributed by atoms with Crippen LogP contribution < -0.4 is 5.32 Å². The van der Waals surface area contributed by atoms with Crippen molar-refractivity contribution < 1.29 is 23.9 Å². The SMILES string of the molecule is COC(=O)c1c(NC(=O)c2ccc(C(=O)c3ccccc3)cc2)sc2c1CCN(C(C)=O)C2. The first-order chi connectivity index (χ1) is 15.9. The fraction of sp³-hybridized carbons (Fsp3) is 0.200. The van der Waals surface area contributed by atoms with Gasteiger partial charge >= 0.3 is 5.97 Å². The molecule has 3 aromatic rings. The molecule has 0 radical (unpaired) electrons. The van der Waals surface area contributed by atoms with Gasteiger partial charge in [-0.25, -0.2) is 4.79 Å². The van der Waals surface area contributed by atoms with Crippen LogP contribution in [0.2, 0.25) is 0 Å². The highest BCUT2D eigenvalue weighted by molar-refractivity contribution is 7.17. The number of hydrogen-bond acceptors (Lipinski definition) is 6. The molecule has 0 saturated carbocycles. The van der Waals surface area contributed by atoms with Gasteiger partial charge in [-0.3, -0.25) is 14.4 Å². The van der Waals surface area contributed by atoms with Crippen molar-refractivity contribution in [1.82, 2.24) is 4.90 Å². The lowest BCUT2D eigenvalue weighted by atomic mass is 10.0. The Morgan fingerprint density at radius 3 is 2.21 bits per heavy atom. The van der Waals surface area contributed by atoms with E-state index in [0.717, 1.165) is 10.4 Å². The zero-order valence-electron chi connectivity index (χ0n) is 18.2. The zero-order chi connectivity index (χ0) is 23.5. The number of carbonyl (C=O) groups is 4. The number of amides is 2. The van der Waals surface area contributed by atoms with E-state index in [9.17, 15) is 19.2 Å². The maximum atomic E-state index is 12.9. The highest BCUT2D eigenvalue weighted by Crippen LogP contribution is 2.38. The predicted octanol–water partition coefficient (Wildman–Crippen LogP) is 3.92. The number of ether oxygens (including phenoxy) is 1. The molecule has 0 unspecified atom stereocenters. The molecular weight excluding hydrogens is 440 g/mol. The number of hydrogen-bond donors (Lipinski definition) is 1. The van der Waals surface area contributed by atoms with Crippen LogP contribution in [0, 0.1) is 0 Å². The second-order valence-electron chi connectivity index (χ2n) is 7.62. The average molecular weight is 463 g/mol. The molecule has 0 bridgehead atoms. The Morgan fingerprint density at radius 2 is 1.58 bits per heavy atom. The van der Waals surface area contributed by atoms with Crippen LogP contribution in [-0.4, -0.2) is 42.1 Å². The van der Waals surface area contributed by atoms with Gasteiger partial charge in [-0.05, 0) is 24.1 Å². The van der Waals surface area contributed by atoms with Gasteiger partial charge in [0.25, 0.3) is 5.91 Å². The van der Waals surface area contributed by atoms with E-state index in [1.807, 2.05) is 6.07 Å². The molecule has 2 heterocycles. The lowest BCUT2D eigenvalue weighted by Gasteiger charge is -2.25. The summed E-state index contributed by atoms with van der Waals surface area (Å²) in [6, 6.07) is 15.3. The summed E-state index contributed by atoms with van der Waals surface area (Å²) < 4.78 is 4.95. The van der Waals surface area contributed by atoms with E-state index in [4.69, 9.17) is 4.74 Å². The monoisotopic (exact) mass is 462 g/mol. The fourth-order valence-corrected chi connectivity index (χ4v) is 5.03. The van der Waals surface area contributed by atoms with E-state index < -0.39 is 11.9 Å². The molecule has 168 valence electrons. The Bertz CT molecular complexity index is 1230. The van der Waals surface area contributed by atoms with Gasteiger partial charge in [0.15, 0.2) is 5.78 Å². The Labute approximate surface area is 195 Å². The molecule has 1 aromatic heterocycles. The molecule has 0 atom stereocenters. The van der Waals surface area contributed by atoms with Crippen LogP contribution in [0.15, 0.2) is 54.6 Å². The summed E-state index contributed by atoms with van der Waals surface area (Å²) in [5.74, 6) is -1.09. The number of esters is 1. The summed E-state index contributed by atoms with van der Waals surface area (Å²) in [6.45, 7) is 2.41. The predicted molar refractivity (Wildman–Crippen MR) is 125 cm³/mol. The van der Waals surface area contributed by atoms with Crippen LogP contribution in [0.25, 0.3) is 0 Å². The second-order valence-corrected chi connectivity index (χ2v) is 8.72. The third-order valence-electron chi connectivity index (χ3n) is 5.56. The minimum absolute atomic E-state index is 0.0376. The smallest absolute Gasteiger partial charge is 0.341 e.